The molecule has 0 aromatic heterocycles. The molecular weight excluding hydrogens is 379 g/mol. The second-order valence-corrected chi connectivity index (χ2v) is 8.62. The van der Waals surface area contributed by atoms with Crippen molar-refractivity contribution in [3.8, 4) is 5.75 Å². The number of hydrogen-bond acceptors (Lipinski definition) is 3. The summed E-state index contributed by atoms with van der Waals surface area (Å²) < 4.78 is 40.9. The van der Waals surface area contributed by atoms with Crippen LogP contribution in [0.4, 0.5) is 4.39 Å². The summed E-state index contributed by atoms with van der Waals surface area (Å²) >= 11 is -1.99. The molecule has 150 valence electrons. The molecule has 2 fully saturated rings. The van der Waals surface area contributed by atoms with Crippen LogP contribution >= 0.6 is 0 Å². The first-order chi connectivity index (χ1) is 13.5. The quantitative estimate of drug-likeness (QED) is 0.664. The minimum absolute atomic E-state index is 0.183. The van der Waals surface area contributed by atoms with Gasteiger partial charge < -0.3 is 4.74 Å². The minimum Gasteiger partial charge on any atom is -0.492 e. The molecule has 1 saturated carbocycles. The lowest BCUT2D eigenvalue weighted by molar-refractivity contribution is 0.212. The first-order valence-electron chi connectivity index (χ1n) is 9.51. The largest absolute Gasteiger partial charge is 0.492 e. The van der Waals surface area contributed by atoms with Crippen LogP contribution in [0.3, 0.4) is 0 Å². The van der Waals surface area contributed by atoms with Crippen LogP contribution < -0.4 is 9.46 Å². The molecule has 7 heteroatoms. The summed E-state index contributed by atoms with van der Waals surface area (Å²) in [7, 11) is 0. The summed E-state index contributed by atoms with van der Waals surface area (Å²) in [5, 5.41) is 0. The van der Waals surface area contributed by atoms with E-state index in [1.54, 1.807) is 12.1 Å². The predicted molar refractivity (Wildman–Crippen MR) is 107 cm³/mol. The molecule has 28 heavy (non-hydrogen) atoms. The maximum absolute atomic E-state index is 12.9. The Morgan fingerprint density at radius 2 is 1.96 bits per heavy atom. The van der Waals surface area contributed by atoms with Crippen molar-refractivity contribution < 1.29 is 17.9 Å². The van der Waals surface area contributed by atoms with Crippen molar-refractivity contribution in [1.29, 1.82) is 0 Å². The van der Waals surface area contributed by atoms with Gasteiger partial charge in [0.25, 0.3) is 0 Å². The van der Waals surface area contributed by atoms with E-state index in [4.69, 9.17) is 9.29 Å². The van der Waals surface area contributed by atoms with E-state index < -0.39 is 11.3 Å². The van der Waals surface area contributed by atoms with Crippen LogP contribution in [-0.2, 0) is 23.2 Å². The first kappa shape index (κ1) is 19.5. The average Bonchev–Trinajstić information content (AvgIpc) is 3.03. The van der Waals surface area contributed by atoms with Gasteiger partial charge in [0.1, 0.15) is 18.2 Å². The molecule has 0 spiro atoms. The maximum Gasteiger partial charge on any atom is 0.232 e. The van der Waals surface area contributed by atoms with Crippen LogP contribution in [0.25, 0.3) is 0 Å². The van der Waals surface area contributed by atoms with Gasteiger partial charge in [-0.2, -0.15) is 0 Å². The van der Waals surface area contributed by atoms with Crippen LogP contribution in [0.5, 0.6) is 5.75 Å². The number of halogens is 1. The van der Waals surface area contributed by atoms with Gasteiger partial charge in [-0.25, -0.2) is 13.3 Å². The van der Waals surface area contributed by atoms with Crippen LogP contribution in [0.2, 0.25) is 0 Å². The second kappa shape index (κ2) is 7.91. The van der Waals surface area contributed by atoms with E-state index in [0.29, 0.717) is 30.7 Å². The molecule has 3 atom stereocenters. The van der Waals surface area contributed by atoms with Crippen molar-refractivity contribution in [2.75, 3.05) is 26.2 Å². The van der Waals surface area contributed by atoms with Gasteiger partial charge in [0.15, 0.2) is 0 Å². The second-order valence-electron chi connectivity index (χ2n) is 7.83. The van der Waals surface area contributed by atoms with Gasteiger partial charge in [0.05, 0.1) is 0 Å². The number of hydrogen-bond donors (Lipinski definition) is 2. The van der Waals surface area contributed by atoms with Crippen molar-refractivity contribution in [1.82, 2.24) is 9.62 Å². The Labute approximate surface area is 167 Å². The number of benzene rings is 2. The van der Waals surface area contributed by atoms with Gasteiger partial charge in [-0.05, 0) is 47.2 Å². The van der Waals surface area contributed by atoms with Gasteiger partial charge >= 0.3 is 0 Å². The molecule has 0 radical (unpaired) electrons. The van der Waals surface area contributed by atoms with Gasteiger partial charge in [-0.15, -0.1) is 0 Å². The summed E-state index contributed by atoms with van der Waals surface area (Å²) in [4.78, 5) is 2.43. The van der Waals surface area contributed by atoms with E-state index >= 15 is 0 Å². The number of piperidine rings is 1. The molecule has 1 heterocycles. The zero-order valence-electron chi connectivity index (χ0n) is 15.8. The SMILES string of the molecule is CC1(c2cccc(CNS(=O)O)c2)C2CN(CCOc3ccc(F)cc3)CC21. The van der Waals surface area contributed by atoms with Crippen LogP contribution in [-0.4, -0.2) is 39.9 Å². The highest BCUT2D eigenvalue weighted by Gasteiger charge is 2.65. The van der Waals surface area contributed by atoms with E-state index in [9.17, 15) is 8.60 Å². The van der Waals surface area contributed by atoms with Gasteiger partial charge in [0, 0.05) is 31.6 Å². The lowest BCUT2D eigenvalue weighted by Gasteiger charge is -2.24. The molecule has 2 N–H and O–H groups in total. The van der Waals surface area contributed by atoms with Crippen molar-refractivity contribution in [2.45, 2.75) is 18.9 Å². The molecule has 0 bridgehead atoms. The highest BCUT2D eigenvalue weighted by molar-refractivity contribution is 7.77. The van der Waals surface area contributed by atoms with Crippen molar-refractivity contribution >= 4 is 11.3 Å². The molecule has 1 aliphatic carbocycles. The minimum atomic E-state index is -1.99. The fourth-order valence-electron chi connectivity index (χ4n) is 4.56. The zero-order chi connectivity index (χ0) is 19.7. The average molecular weight is 405 g/mol. The monoisotopic (exact) mass is 404 g/mol. The third kappa shape index (κ3) is 3.98. The number of likely N-dealkylation sites (tertiary alicyclic amines) is 1. The van der Waals surface area contributed by atoms with E-state index in [1.165, 1.54) is 17.7 Å². The predicted octanol–water partition coefficient (Wildman–Crippen LogP) is 2.95. The third-order valence-electron chi connectivity index (χ3n) is 6.27. The standard InChI is InChI=1S/C21H25FN2O3S/c1-21(16-4-2-3-15(11-16)12-23-28(25)26)19-13-24(14-20(19)21)9-10-27-18-7-5-17(22)6-8-18/h2-8,11,19-20,23H,9-10,12-14H2,1H3,(H,25,26). The summed E-state index contributed by atoms with van der Waals surface area (Å²) in [6, 6.07) is 14.5. The number of fused-ring (bicyclic) bond motifs is 1. The molecule has 1 saturated heterocycles. The third-order valence-corrected chi connectivity index (χ3v) is 6.66. The number of rotatable bonds is 8. The lowest BCUT2D eigenvalue weighted by Crippen LogP contribution is -2.32. The fourth-order valence-corrected chi connectivity index (χ4v) is 4.85. The van der Waals surface area contributed by atoms with E-state index in [0.717, 1.165) is 25.2 Å². The summed E-state index contributed by atoms with van der Waals surface area (Å²) in [6.45, 7) is 6.28. The Kier molecular flexibility index (Phi) is 5.51. The van der Waals surface area contributed by atoms with Crippen molar-refractivity contribution in [3.63, 3.8) is 0 Å². The Morgan fingerprint density at radius 3 is 2.64 bits per heavy atom. The molecule has 0 amide bonds. The molecular formula is C21H25FN2O3S. The van der Waals surface area contributed by atoms with Crippen molar-refractivity contribution in [2.24, 2.45) is 11.8 Å². The van der Waals surface area contributed by atoms with Crippen LogP contribution in [0.1, 0.15) is 18.1 Å². The summed E-state index contributed by atoms with van der Waals surface area (Å²) in [5.74, 6) is 1.71. The fraction of sp³-hybridized carbons (Fsp3) is 0.429. The Bertz CT molecular complexity index is 849. The number of nitrogens with zero attached hydrogens (tertiary/aromatic N) is 1. The van der Waals surface area contributed by atoms with E-state index in [2.05, 4.69) is 28.7 Å². The Morgan fingerprint density at radius 1 is 1.25 bits per heavy atom. The van der Waals surface area contributed by atoms with Gasteiger partial charge in [0.2, 0.25) is 11.3 Å². The van der Waals surface area contributed by atoms with Crippen molar-refractivity contribution in [3.05, 3.63) is 65.5 Å². The summed E-state index contributed by atoms with van der Waals surface area (Å²) in [6.07, 6.45) is 0. The number of nitrogens with one attached hydrogen (secondary N) is 1. The Hall–Kier alpha value is -1.80. The van der Waals surface area contributed by atoms with Gasteiger partial charge in [-0.3, -0.25) is 9.45 Å². The smallest absolute Gasteiger partial charge is 0.232 e. The topological polar surface area (TPSA) is 61.8 Å². The zero-order valence-corrected chi connectivity index (χ0v) is 16.6. The maximum atomic E-state index is 12.9. The highest BCUT2D eigenvalue weighted by Crippen LogP contribution is 2.63. The van der Waals surface area contributed by atoms with E-state index in [-0.39, 0.29) is 11.2 Å². The van der Waals surface area contributed by atoms with Crippen LogP contribution in [0.15, 0.2) is 48.5 Å². The normalized spacial score (nSPS) is 27.4. The molecule has 2 aliphatic rings. The first-order valence-corrected chi connectivity index (χ1v) is 10.6. The van der Waals surface area contributed by atoms with Crippen LogP contribution in [0, 0.1) is 17.7 Å². The molecule has 2 aromatic rings. The summed E-state index contributed by atoms with van der Waals surface area (Å²) in [5.41, 5.74) is 2.52. The molecule has 3 unspecified atom stereocenters. The van der Waals surface area contributed by atoms with E-state index in [1.807, 2.05) is 12.1 Å². The lowest BCUT2D eigenvalue weighted by atomic mass is 9.91. The van der Waals surface area contributed by atoms with Gasteiger partial charge in [-0.1, -0.05) is 31.2 Å². The molecule has 1 aliphatic heterocycles. The highest BCUT2D eigenvalue weighted by atomic mass is 32.2. The molecule has 5 nitrogen and oxygen atoms in total. The number of ether oxygens (including phenoxy) is 1. The molecule has 2 aromatic carbocycles. The Balaban J connectivity index is 1.28. The molecule has 4 rings (SSSR count).